The van der Waals surface area contributed by atoms with Crippen molar-refractivity contribution in [3.63, 3.8) is 0 Å². The Morgan fingerprint density at radius 2 is 1.78 bits per heavy atom. The average Bonchev–Trinajstić information content (AvgIpc) is 3.26. The van der Waals surface area contributed by atoms with Crippen molar-refractivity contribution in [1.82, 2.24) is 0 Å². The van der Waals surface area contributed by atoms with Crippen LogP contribution in [0.1, 0.15) is 56.9 Å². The maximum atomic E-state index is 12.7. The Labute approximate surface area is 165 Å². The van der Waals surface area contributed by atoms with Crippen molar-refractivity contribution in [3.05, 3.63) is 35.9 Å². The van der Waals surface area contributed by atoms with Gasteiger partial charge in [0.2, 0.25) is 0 Å². The summed E-state index contributed by atoms with van der Waals surface area (Å²) < 4.78 is 18.8. The van der Waals surface area contributed by atoms with E-state index in [1.165, 1.54) is 5.56 Å². The van der Waals surface area contributed by atoms with Crippen molar-refractivity contribution < 1.29 is 19.2 Å². The van der Waals surface area contributed by atoms with Gasteiger partial charge < -0.3 is 14.4 Å². The van der Waals surface area contributed by atoms with Crippen molar-refractivity contribution in [2.75, 3.05) is 11.5 Å². The smallest absolute Gasteiger partial charge is 0.303 e. The summed E-state index contributed by atoms with van der Waals surface area (Å²) in [5, 5.41) is 8.70. The molecule has 150 valence electrons. The molecule has 2 bridgehead atoms. The minimum atomic E-state index is -0.794. The van der Waals surface area contributed by atoms with Crippen LogP contribution in [-0.2, 0) is 27.1 Å². The normalized spacial score (nSPS) is 27.7. The van der Waals surface area contributed by atoms with Gasteiger partial charge in [-0.3, -0.25) is 4.79 Å². The van der Waals surface area contributed by atoms with E-state index in [0.29, 0.717) is 24.0 Å². The van der Waals surface area contributed by atoms with Crippen LogP contribution in [0.4, 0.5) is 0 Å². The van der Waals surface area contributed by atoms with Gasteiger partial charge in [-0.25, -0.2) is 0 Å². The second kappa shape index (κ2) is 10.5. The maximum absolute atomic E-state index is 12.7. The largest absolute Gasteiger partial charge is 0.616 e. The second-order valence-electron chi connectivity index (χ2n) is 8.01. The monoisotopic (exact) mass is 392 g/mol. The van der Waals surface area contributed by atoms with Crippen molar-refractivity contribution in [3.8, 4) is 0 Å². The van der Waals surface area contributed by atoms with Crippen LogP contribution in [0.3, 0.4) is 0 Å². The summed E-state index contributed by atoms with van der Waals surface area (Å²) >= 11 is -0.794. The second-order valence-corrected chi connectivity index (χ2v) is 9.63. The highest BCUT2D eigenvalue weighted by molar-refractivity contribution is 7.91. The fourth-order valence-electron chi connectivity index (χ4n) is 4.69. The van der Waals surface area contributed by atoms with Crippen molar-refractivity contribution in [1.29, 1.82) is 0 Å². The van der Waals surface area contributed by atoms with Gasteiger partial charge in [0.05, 0.1) is 12.2 Å². The number of carboxylic acids is 1. The number of aliphatic carboxylic acids is 1. The molecular formula is C22H32O4S. The van der Waals surface area contributed by atoms with Crippen LogP contribution in [0.25, 0.3) is 0 Å². The van der Waals surface area contributed by atoms with Crippen LogP contribution in [0.15, 0.2) is 30.3 Å². The third kappa shape index (κ3) is 6.23. The highest BCUT2D eigenvalue weighted by Crippen LogP contribution is 2.46. The molecule has 5 heteroatoms. The lowest BCUT2D eigenvalue weighted by Gasteiger charge is -2.28. The third-order valence-corrected chi connectivity index (χ3v) is 7.52. The SMILES string of the molecule is O=C(O)CCCCCC[C@H]1[C@@H](C[S+]([O-])CCc2ccccc2)[C@H]2CC[C@@H]1O2. The Morgan fingerprint density at radius 1 is 1.07 bits per heavy atom. The molecule has 0 aliphatic carbocycles. The van der Waals surface area contributed by atoms with Gasteiger partial charge in [-0.1, -0.05) is 60.8 Å². The van der Waals surface area contributed by atoms with E-state index in [4.69, 9.17) is 9.84 Å². The fourth-order valence-corrected chi connectivity index (χ4v) is 6.21. The number of hydrogen-bond donors (Lipinski definition) is 1. The topological polar surface area (TPSA) is 69.6 Å². The molecule has 1 N–H and O–H groups in total. The van der Waals surface area contributed by atoms with Crippen LogP contribution >= 0.6 is 0 Å². The summed E-state index contributed by atoms with van der Waals surface area (Å²) in [5.74, 6) is 1.80. The van der Waals surface area contributed by atoms with E-state index in [1.54, 1.807) is 0 Å². The Balaban J connectivity index is 1.40. The molecule has 0 radical (unpaired) electrons. The first-order chi connectivity index (χ1) is 13.1. The zero-order chi connectivity index (χ0) is 19.1. The standard InChI is InChI=1S/C22H32O4S/c23-22(24)11-7-2-1-6-10-18-19(21-13-12-20(18)26-21)16-27(25)15-14-17-8-4-3-5-9-17/h3-5,8-9,18-21H,1-2,6-7,10-16H2,(H,23,24)/t18-,19+,20-,21+,27?/m0/s1. The summed E-state index contributed by atoms with van der Waals surface area (Å²) in [6.07, 6.45) is 9.23. The summed E-state index contributed by atoms with van der Waals surface area (Å²) in [7, 11) is 0. The number of ether oxygens (including phenoxy) is 1. The van der Waals surface area contributed by atoms with E-state index in [0.717, 1.165) is 62.9 Å². The molecule has 0 spiro atoms. The van der Waals surface area contributed by atoms with E-state index < -0.39 is 17.1 Å². The first-order valence-corrected chi connectivity index (χ1v) is 11.9. The van der Waals surface area contributed by atoms with Crippen LogP contribution in [-0.4, -0.2) is 39.3 Å². The van der Waals surface area contributed by atoms with Gasteiger partial charge in [-0.05, 0) is 37.2 Å². The number of fused-ring (bicyclic) bond motifs is 2. The molecule has 2 aliphatic heterocycles. The molecule has 1 unspecified atom stereocenters. The highest BCUT2D eigenvalue weighted by atomic mass is 32.2. The minimum absolute atomic E-state index is 0.278. The first-order valence-electron chi connectivity index (χ1n) is 10.4. The molecule has 0 aromatic heterocycles. The summed E-state index contributed by atoms with van der Waals surface area (Å²) in [5.41, 5.74) is 1.26. The molecule has 5 atom stereocenters. The van der Waals surface area contributed by atoms with Crippen LogP contribution in [0.2, 0.25) is 0 Å². The number of hydrogen-bond acceptors (Lipinski definition) is 3. The highest BCUT2D eigenvalue weighted by Gasteiger charge is 2.49. The molecule has 2 heterocycles. The van der Waals surface area contributed by atoms with Gasteiger partial charge in [0.15, 0.2) is 0 Å². The van der Waals surface area contributed by atoms with Crippen LogP contribution in [0.5, 0.6) is 0 Å². The predicted molar refractivity (Wildman–Crippen MR) is 108 cm³/mol. The minimum Gasteiger partial charge on any atom is -0.616 e. The number of rotatable bonds is 12. The van der Waals surface area contributed by atoms with Crippen molar-refractivity contribution in [2.24, 2.45) is 11.8 Å². The van der Waals surface area contributed by atoms with Crippen LogP contribution in [0, 0.1) is 11.8 Å². The van der Waals surface area contributed by atoms with Crippen molar-refractivity contribution >= 4 is 17.1 Å². The van der Waals surface area contributed by atoms with E-state index >= 15 is 0 Å². The fraction of sp³-hybridized carbons (Fsp3) is 0.682. The van der Waals surface area contributed by atoms with Gasteiger partial charge in [0, 0.05) is 18.8 Å². The number of unbranched alkanes of at least 4 members (excludes halogenated alkanes) is 3. The maximum Gasteiger partial charge on any atom is 0.303 e. The summed E-state index contributed by atoms with van der Waals surface area (Å²) in [4.78, 5) is 10.6. The molecule has 3 rings (SSSR count). The number of benzene rings is 1. The number of aryl methyl sites for hydroxylation is 1. The van der Waals surface area contributed by atoms with E-state index in [-0.39, 0.29) is 6.42 Å². The van der Waals surface area contributed by atoms with E-state index in [2.05, 4.69) is 12.1 Å². The lowest BCUT2D eigenvalue weighted by atomic mass is 9.77. The number of carbonyl (C=O) groups is 1. The Kier molecular flexibility index (Phi) is 8.04. The quantitative estimate of drug-likeness (QED) is 0.428. The van der Waals surface area contributed by atoms with E-state index in [1.807, 2.05) is 18.2 Å². The Morgan fingerprint density at radius 3 is 2.52 bits per heavy atom. The zero-order valence-corrected chi connectivity index (χ0v) is 16.9. The molecule has 2 saturated heterocycles. The molecule has 2 aliphatic rings. The van der Waals surface area contributed by atoms with Gasteiger partial charge in [-0.2, -0.15) is 0 Å². The Hall–Kier alpha value is -1.04. The molecule has 2 fully saturated rings. The van der Waals surface area contributed by atoms with Gasteiger partial charge in [0.1, 0.15) is 11.5 Å². The lowest BCUT2D eigenvalue weighted by Crippen LogP contribution is -2.34. The zero-order valence-electron chi connectivity index (χ0n) is 16.1. The summed E-state index contributed by atoms with van der Waals surface area (Å²) in [6.45, 7) is 0. The van der Waals surface area contributed by atoms with Crippen molar-refractivity contribution in [2.45, 2.75) is 70.0 Å². The third-order valence-electron chi connectivity index (χ3n) is 6.11. The van der Waals surface area contributed by atoms with E-state index in [9.17, 15) is 9.35 Å². The molecule has 1 aromatic carbocycles. The number of carboxylic acid groups (broad SMARTS) is 1. The van der Waals surface area contributed by atoms with Crippen LogP contribution < -0.4 is 0 Å². The molecule has 27 heavy (non-hydrogen) atoms. The first kappa shape index (κ1) is 20.7. The molecule has 1 aromatic rings. The molecule has 4 nitrogen and oxygen atoms in total. The Bertz CT molecular complexity index is 579. The van der Waals surface area contributed by atoms with Gasteiger partial charge in [-0.15, -0.1) is 0 Å². The average molecular weight is 393 g/mol. The molecule has 0 amide bonds. The molecular weight excluding hydrogens is 360 g/mol. The summed E-state index contributed by atoms with van der Waals surface area (Å²) in [6, 6.07) is 10.3. The lowest BCUT2D eigenvalue weighted by molar-refractivity contribution is -0.137. The predicted octanol–water partition coefficient (Wildman–Crippen LogP) is 4.20. The van der Waals surface area contributed by atoms with Gasteiger partial charge in [0.25, 0.3) is 0 Å². The molecule has 0 saturated carbocycles. The van der Waals surface area contributed by atoms with Gasteiger partial charge >= 0.3 is 5.97 Å².